The quantitative estimate of drug-likeness (QED) is 0.0412. The van der Waals surface area contributed by atoms with Crippen LogP contribution in [0.25, 0.3) is 5.57 Å². The van der Waals surface area contributed by atoms with Crippen LogP contribution < -0.4 is 0 Å². The SMILES string of the molecule is COC(=O)/C(OC)=C(/C)c1cnc([C@@H]2[C@H](CI)N2C(c2ccccc2)(c2ccccc2)c2ccccc2)o1. The van der Waals surface area contributed by atoms with Gasteiger partial charge in [-0.25, -0.2) is 9.78 Å². The van der Waals surface area contributed by atoms with Gasteiger partial charge in [0.05, 0.1) is 26.0 Å². The minimum atomic E-state index is -0.562. The van der Waals surface area contributed by atoms with Gasteiger partial charge in [-0.05, 0) is 23.6 Å². The Morgan fingerprint density at radius 3 is 1.82 bits per heavy atom. The third-order valence-electron chi connectivity index (χ3n) is 7.11. The van der Waals surface area contributed by atoms with Gasteiger partial charge in [0.1, 0.15) is 6.04 Å². The number of methoxy groups -OCH3 is 2. The maximum atomic E-state index is 12.2. The maximum Gasteiger partial charge on any atom is 0.373 e. The number of benzene rings is 3. The summed E-state index contributed by atoms with van der Waals surface area (Å²) in [7, 11) is 2.76. The summed E-state index contributed by atoms with van der Waals surface area (Å²) in [5.74, 6) is 0.623. The molecule has 7 heteroatoms. The van der Waals surface area contributed by atoms with Gasteiger partial charge in [-0.15, -0.1) is 0 Å². The van der Waals surface area contributed by atoms with E-state index in [0.717, 1.165) is 4.43 Å². The van der Waals surface area contributed by atoms with E-state index in [0.29, 0.717) is 17.2 Å². The normalized spacial score (nSPS) is 19.4. The number of hydrogen-bond donors (Lipinski definition) is 0. The fraction of sp³-hybridized carbons (Fsp3) is 0.226. The lowest BCUT2D eigenvalue weighted by Crippen LogP contribution is -2.39. The molecule has 1 aromatic heterocycles. The standard InChI is InChI=1S/C31H29IN2O4/c1-21(28(36-2)30(35)37-3)26-20-33-29(38-26)27-25(19-32)34(27)31(22-13-7-4-8-14-22,23-15-9-5-10-16-23)24-17-11-6-12-18-24/h4-18,20,25,27H,19H2,1-3H3/b28-21+/t25-,27-,34?/m0/s1. The van der Waals surface area contributed by atoms with Crippen molar-refractivity contribution in [2.24, 2.45) is 0 Å². The summed E-state index contributed by atoms with van der Waals surface area (Å²) in [5.41, 5.74) is 3.49. The Labute approximate surface area is 236 Å². The number of rotatable bonds is 9. The molecule has 1 fully saturated rings. The highest BCUT2D eigenvalue weighted by atomic mass is 127. The van der Waals surface area contributed by atoms with E-state index < -0.39 is 11.5 Å². The lowest BCUT2D eigenvalue weighted by atomic mass is 9.76. The molecule has 1 saturated heterocycles. The van der Waals surface area contributed by atoms with Crippen molar-refractivity contribution >= 4 is 34.1 Å². The van der Waals surface area contributed by atoms with Crippen LogP contribution in [0.5, 0.6) is 0 Å². The summed E-state index contributed by atoms with van der Waals surface area (Å²) in [6, 6.07) is 31.9. The van der Waals surface area contributed by atoms with Gasteiger partial charge in [0.25, 0.3) is 0 Å². The van der Waals surface area contributed by atoms with E-state index in [-0.39, 0.29) is 17.8 Å². The van der Waals surface area contributed by atoms with Gasteiger partial charge in [-0.3, -0.25) is 4.90 Å². The summed E-state index contributed by atoms with van der Waals surface area (Å²) < 4.78 is 17.4. The third-order valence-corrected chi connectivity index (χ3v) is 8.02. The molecule has 1 aliphatic heterocycles. The highest BCUT2D eigenvalue weighted by Gasteiger charge is 2.62. The summed E-state index contributed by atoms with van der Waals surface area (Å²) in [5, 5.41) is 0. The van der Waals surface area contributed by atoms with Crippen LogP contribution in [-0.4, -0.2) is 40.5 Å². The van der Waals surface area contributed by atoms with Gasteiger partial charge in [-0.1, -0.05) is 114 Å². The number of alkyl halides is 1. The van der Waals surface area contributed by atoms with Crippen molar-refractivity contribution in [2.75, 3.05) is 18.6 Å². The molecule has 6 nitrogen and oxygen atoms in total. The smallest absolute Gasteiger partial charge is 0.373 e. The largest absolute Gasteiger partial charge is 0.490 e. The average Bonchev–Trinajstić information content (AvgIpc) is 3.49. The van der Waals surface area contributed by atoms with Gasteiger partial charge >= 0.3 is 5.97 Å². The molecular formula is C31H29IN2O4. The van der Waals surface area contributed by atoms with Gasteiger partial charge in [0, 0.05) is 16.0 Å². The Morgan fingerprint density at radius 2 is 1.39 bits per heavy atom. The van der Waals surface area contributed by atoms with Crippen LogP contribution in [0, 0.1) is 0 Å². The molecule has 0 amide bonds. The first kappa shape index (κ1) is 26.2. The molecule has 3 aromatic carbocycles. The van der Waals surface area contributed by atoms with E-state index in [9.17, 15) is 4.79 Å². The zero-order valence-corrected chi connectivity index (χ0v) is 23.7. The summed E-state index contributed by atoms with van der Waals surface area (Å²) in [6.07, 6.45) is 1.66. The molecule has 0 aliphatic carbocycles. The van der Waals surface area contributed by atoms with Crippen molar-refractivity contribution in [3.8, 4) is 0 Å². The van der Waals surface area contributed by atoms with E-state index in [1.54, 1.807) is 13.1 Å². The van der Waals surface area contributed by atoms with Crippen molar-refractivity contribution in [3.63, 3.8) is 0 Å². The first-order valence-electron chi connectivity index (χ1n) is 12.4. The number of allylic oxidation sites excluding steroid dienone is 1. The fourth-order valence-corrected chi connectivity index (χ4v) is 6.26. The summed E-state index contributed by atoms with van der Waals surface area (Å²) >= 11 is 2.44. The topological polar surface area (TPSA) is 64.6 Å². The molecule has 3 atom stereocenters. The molecule has 1 aliphatic rings. The molecule has 0 radical (unpaired) electrons. The minimum absolute atomic E-state index is 0.0711. The Hall–Kier alpha value is -3.43. The van der Waals surface area contributed by atoms with Crippen LogP contribution in [0.1, 0.15) is 41.3 Å². The van der Waals surface area contributed by atoms with Gasteiger partial charge in [0.15, 0.2) is 5.76 Å². The van der Waals surface area contributed by atoms with Gasteiger partial charge < -0.3 is 13.9 Å². The molecular weight excluding hydrogens is 591 g/mol. The van der Waals surface area contributed by atoms with E-state index in [1.807, 2.05) is 18.2 Å². The van der Waals surface area contributed by atoms with E-state index in [2.05, 4.69) is 100 Å². The molecule has 38 heavy (non-hydrogen) atoms. The Morgan fingerprint density at radius 1 is 0.895 bits per heavy atom. The first-order valence-corrected chi connectivity index (χ1v) is 13.9. The van der Waals surface area contributed by atoms with Crippen molar-refractivity contribution < 1.29 is 18.7 Å². The first-order chi connectivity index (χ1) is 18.6. The Kier molecular flexibility index (Phi) is 7.67. The molecule has 0 spiro atoms. The van der Waals surface area contributed by atoms with Crippen LogP contribution >= 0.6 is 22.6 Å². The number of ether oxygens (including phenoxy) is 2. The van der Waals surface area contributed by atoms with Crippen molar-refractivity contribution in [1.29, 1.82) is 0 Å². The number of nitrogens with zero attached hydrogens (tertiary/aromatic N) is 2. The predicted octanol–water partition coefficient (Wildman–Crippen LogP) is 6.38. The number of hydrogen-bond acceptors (Lipinski definition) is 6. The maximum absolute atomic E-state index is 12.2. The number of aromatic nitrogens is 1. The number of carbonyl (C=O) groups excluding carboxylic acids is 1. The molecule has 194 valence electrons. The van der Waals surface area contributed by atoms with E-state index in [4.69, 9.17) is 18.9 Å². The number of halogens is 1. The van der Waals surface area contributed by atoms with E-state index >= 15 is 0 Å². The van der Waals surface area contributed by atoms with E-state index in [1.165, 1.54) is 30.9 Å². The third kappa shape index (κ3) is 4.43. The van der Waals surface area contributed by atoms with Crippen LogP contribution in [0.15, 0.2) is 107 Å². The van der Waals surface area contributed by atoms with Crippen molar-refractivity contribution in [2.45, 2.75) is 24.5 Å². The van der Waals surface area contributed by atoms with Crippen molar-refractivity contribution in [3.05, 3.63) is 131 Å². The minimum Gasteiger partial charge on any atom is -0.490 e. The summed E-state index contributed by atoms with van der Waals surface area (Å²) in [6.45, 7) is 1.77. The van der Waals surface area contributed by atoms with Crippen LogP contribution in [0.3, 0.4) is 0 Å². The van der Waals surface area contributed by atoms with Gasteiger partial charge in [0.2, 0.25) is 11.6 Å². The molecule has 0 saturated carbocycles. The van der Waals surface area contributed by atoms with Gasteiger partial charge in [-0.2, -0.15) is 0 Å². The Bertz CT molecular complexity index is 1320. The van der Waals surface area contributed by atoms with Crippen molar-refractivity contribution in [1.82, 2.24) is 9.88 Å². The Balaban J connectivity index is 1.67. The zero-order valence-electron chi connectivity index (χ0n) is 21.5. The monoisotopic (exact) mass is 620 g/mol. The second-order valence-corrected chi connectivity index (χ2v) is 9.98. The number of oxazole rings is 1. The molecule has 0 N–H and O–H groups in total. The predicted molar refractivity (Wildman–Crippen MR) is 155 cm³/mol. The number of carbonyl (C=O) groups is 1. The van der Waals surface area contributed by atoms with Crippen LogP contribution in [0.2, 0.25) is 0 Å². The second kappa shape index (κ2) is 11.1. The van der Waals surface area contributed by atoms with Crippen LogP contribution in [-0.2, 0) is 19.8 Å². The fourth-order valence-electron chi connectivity index (χ4n) is 5.36. The summed E-state index contributed by atoms with van der Waals surface area (Å²) in [4.78, 5) is 19.4. The molecule has 0 bridgehead atoms. The lowest BCUT2D eigenvalue weighted by molar-refractivity contribution is -0.139. The molecule has 1 unspecified atom stereocenters. The zero-order chi connectivity index (χ0) is 26.7. The highest BCUT2D eigenvalue weighted by Crippen LogP contribution is 2.58. The number of esters is 1. The molecule has 4 aromatic rings. The highest BCUT2D eigenvalue weighted by molar-refractivity contribution is 14.1. The van der Waals surface area contributed by atoms with Crippen LogP contribution in [0.4, 0.5) is 0 Å². The lowest BCUT2D eigenvalue weighted by Gasteiger charge is -2.38. The molecule has 2 heterocycles. The molecule has 5 rings (SSSR count). The average molecular weight is 620 g/mol. The second-order valence-electron chi connectivity index (χ2n) is 9.09.